The molecule has 0 aliphatic rings. The lowest BCUT2D eigenvalue weighted by atomic mass is 9.95. The SMILES string of the molecule is Cc1ccc(C(O)c2ccc(F)cc2C)cc1C. The summed E-state index contributed by atoms with van der Waals surface area (Å²) in [6.07, 6.45) is -0.704. The van der Waals surface area contributed by atoms with Crippen LogP contribution in [0.15, 0.2) is 36.4 Å². The molecule has 0 aliphatic carbocycles. The minimum atomic E-state index is -0.704. The number of halogens is 1. The number of aryl methyl sites for hydroxylation is 3. The average Bonchev–Trinajstić information content (AvgIpc) is 2.32. The van der Waals surface area contributed by atoms with Gasteiger partial charge in [-0.05, 0) is 60.7 Å². The molecule has 0 spiro atoms. The van der Waals surface area contributed by atoms with E-state index in [-0.39, 0.29) is 5.82 Å². The van der Waals surface area contributed by atoms with Gasteiger partial charge in [-0.15, -0.1) is 0 Å². The molecular formula is C16H17FO. The maximum atomic E-state index is 13.0. The molecule has 94 valence electrons. The highest BCUT2D eigenvalue weighted by Gasteiger charge is 2.13. The first-order chi connectivity index (χ1) is 8.49. The van der Waals surface area contributed by atoms with Crippen LogP contribution in [0.3, 0.4) is 0 Å². The van der Waals surface area contributed by atoms with E-state index in [1.807, 2.05) is 39.0 Å². The van der Waals surface area contributed by atoms with Gasteiger partial charge in [0.25, 0.3) is 0 Å². The summed E-state index contributed by atoms with van der Waals surface area (Å²) in [5, 5.41) is 10.4. The molecule has 1 atom stereocenters. The van der Waals surface area contributed by atoms with Crippen molar-refractivity contribution in [3.8, 4) is 0 Å². The van der Waals surface area contributed by atoms with Crippen LogP contribution >= 0.6 is 0 Å². The van der Waals surface area contributed by atoms with Crippen molar-refractivity contribution >= 4 is 0 Å². The number of benzene rings is 2. The van der Waals surface area contributed by atoms with E-state index >= 15 is 0 Å². The molecule has 2 aromatic carbocycles. The number of aliphatic hydroxyl groups excluding tert-OH is 1. The summed E-state index contributed by atoms with van der Waals surface area (Å²) in [6.45, 7) is 5.86. The molecule has 1 unspecified atom stereocenters. The van der Waals surface area contributed by atoms with Crippen molar-refractivity contribution in [3.63, 3.8) is 0 Å². The Morgan fingerprint density at radius 1 is 0.889 bits per heavy atom. The molecule has 0 radical (unpaired) electrons. The van der Waals surface area contributed by atoms with Crippen molar-refractivity contribution in [3.05, 3.63) is 70.0 Å². The van der Waals surface area contributed by atoms with E-state index < -0.39 is 6.10 Å². The van der Waals surface area contributed by atoms with Gasteiger partial charge in [-0.3, -0.25) is 0 Å². The van der Waals surface area contributed by atoms with Crippen molar-refractivity contribution < 1.29 is 9.50 Å². The van der Waals surface area contributed by atoms with Gasteiger partial charge in [-0.2, -0.15) is 0 Å². The van der Waals surface area contributed by atoms with Crippen LogP contribution in [0.1, 0.15) is 33.9 Å². The monoisotopic (exact) mass is 244 g/mol. The molecule has 2 aromatic rings. The highest BCUT2D eigenvalue weighted by molar-refractivity contribution is 5.38. The van der Waals surface area contributed by atoms with Crippen LogP contribution in [0, 0.1) is 26.6 Å². The highest BCUT2D eigenvalue weighted by atomic mass is 19.1. The largest absolute Gasteiger partial charge is 0.384 e. The minimum absolute atomic E-state index is 0.275. The average molecular weight is 244 g/mol. The van der Waals surface area contributed by atoms with Gasteiger partial charge in [0.2, 0.25) is 0 Å². The molecule has 0 aromatic heterocycles. The van der Waals surface area contributed by atoms with Crippen LogP contribution in [0.5, 0.6) is 0 Å². The van der Waals surface area contributed by atoms with Gasteiger partial charge >= 0.3 is 0 Å². The van der Waals surface area contributed by atoms with E-state index in [1.54, 1.807) is 6.07 Å². The second-order valence-corrected chi connectivity index (χ2v) is 4.75. The molecule has 0 bridgehead atoms. The van der Waals surface area contributed by atoms with Crippen molar-refractivity contribution in [2.24, 2.45) is 0 Å². The molecule has 1 nitrogen and oxygen atoms in total. The third-order valence-electron chi connectivity index (χ3n) is 3.37. The Morgan fingerprint density at radius 3 is 2.22 bits per heavy atom. The Bertz CT molecular complexity index is 575. The Hall–Kier alpha value is -1.67. The third kappa shape index (κ3) is 2.44. The fourth-order valence-corrected chi connectivity index (χ4v) is 2.06. The first-order valence-electron chi connectivity index (χ1n) is 6.00. The zero-order valence-corrected chi connectivity index (χ0v) is 10.9. The Balaban J connectivity index is 2.41. The van der Waals surface area contributed by atoms with Gasteiger partial charge in [-0.1, -0.05) is 24.3 Å². The fraction of sp³-hybridized carbons (Fsp3) is 0.250. The van der Waals surface area contributed by atoms with Crippen LogP contribution < -0.4 is 0 Å². The fourth-order valence-electron chi connectivity index (χ4n) is 2.06. The molecule has 1 N–H and O–H groups in total. The number of hydrogen-bond acceptors (Lipinski definition) is 1. The summed E-state index contributed by atoms with van der Waals surface area (Å²) in [5.74, 6) is -0.275. The van der Waals surface area contributed by atoms with Gasteiger partial charge in [0.05, 0.1) is 0 Å². The van der Waals surface area contributed by atoms with Crippen molar-refractivity contribution in [2.75, 3.05) is 0 Å². The summed E-state index contributed by atoms with van der Waals surface area (Å²) >= 11 is 0. The molecule has 0 aliphatic heterocycles. The van der Waals surface area contributed by atoms with Gasteiger partial charge < -0.3 is 5.11 Å². The Labute approximate surface area is 107 Å². The first kappa shape index (κ1) is 12.8. The maximum absolute atomic E-state index is 13.0. The second kappa shape index (κ2) is 4.91. The van der Waals surface area contributed by atoms with Crippen LogP contribution in [-0.4, -0.2) is 5.11 Å². The molecule has 18 heavy (non-hydrogen) atoms. The normalized spacial score (nSPS) is 12.5. The standard InChI is InChI=1S/C16H17FO/c1-10-4-5-13(8-11(10)2)16(18)15-7-6-14(17)9-12(15)3/h4-9,16,18H,1-3H3. The first-order valence-corrected chi connectivity index (χ1v) is 6.00. The summed E-state index contributed by atoms with van der Waals surface area (Å²) in [4.78, 5) is 0. The van der Waals surface area contributed by atoms with Crippen molar-refractivity contribution in [1.29, 1.82) is 0 Å². The predicted octanol–water partition coefficient (Wildman–Crippen LogP) is 3.83. The summed E-state index contributed by atoms with van der Waals surface area (Å²) in [6, 6.07) is 10.3. The molecule has 0 fully saturated rings. The zero-order chi connectivity index (χ0) is 13.3. The molecule has 0 saturated heterocycles. The molecule has 0 heterocycles. The third-order valence-corrected chi connectivity index (χ3v) is 3.37. The number of hydrogen-bond donors (Lipinski definition) is 1. The zero-order valence-electron chi connectivity index (χ0n) is 10.9. The smallest absolute Gasteiger partial charge is 0.123 e. The summed E-state index contributed by atoms with van der Waals surface area (Å²) in [5.41, 5.74) is 4.70. The second-order valence-electron chi connectivity index (χ2n) is 4.75. The quantitative estimate of drug-likeness (QED) is 0.851. The van der Waals surface area contributed by atoms with E-state index in [0.717, 1.165) is 22.3 Å². The van der Waals surface area contributed by atoms with Gasteiger partial charge in [0.1, 0.15) is 11.9 Å². The van der Waals surface area contributed by atoms with Crippen molar-refractivity contribution in [2.45, 2.75) is 26.9 Å². The van der Waals surface area contributed by atoms with E-state index in [9.17, 15) is 9.50 Å². The number of aliphatic hydroxyl groups is 1. The van der Waals surface area contributed by atoms with E-state index in [0.29, 0.717) is 0 Å². The highest BCUT2D eigenvalue weighted by Crippen LogP contribution is 2.26. The lowest BCUT2D eigenvalue weighted by molar-refractivity contribution is 0.219. The van der Waals surface area contributed by atoms with Gasteiger partial charge in [-0.25, -0.2) is 4.39 Å². The number of rotatable bonds is 2. The minimum Gasteiger partial charge on any atom is -0.384 e. The predicted molar refractivity (Wildman–Crippen MR) is 71.1 cm³/mol. The molecule has 0 amide bonds. The molecule has 2 heteroatoms. The van der Waals surface area contributed by atoms with Crippen LogP contribution in [-0.2, 0) is 0 Å². The molecular weight excluding hydrogens is 227 g/mol. The molecule has 0 saturated carbocycles. The van der Waals surface area contributed by atoms with Crippen LogP contribution in [0.4, 0.5) is 4.39 Å². The lowest BCUT2D eigenvalue weighted by Gasteiger charge is -2.15. The van der Waals surface area contributed by atoms with E-state index in [1.165, 1.54) is 17.7 Å². The maximum Gasteiger partial charge on any atom is 0.123 e. The van der Waals surface area contributed by atoms with E-state index in [4.69, 9.17) is 0 Å². The summed E-state index contributed by atoms with van der Waals surface area (Å²) < 4.78 is 13.0. The van der Waals surface area contributed by atoms with Crippen LogP contribution in [0.25, 0.3) is 0 Å². The lowest BCUT2D eigenvalue weighted by Crippen LogP contribution is -2.03. The van der Waals surface area contributed by atoms with E-state index in [2.05, 4.69) is 0 Å². The van der Waals surface area contributed by atoms with Crippen molar-refractivity contribution in [1.82, 2.24) is 0 Å². The Kier molecular flexibility index (Phi) is 3.48. The topological polar surface area (TPSA) is 20.2 Å². The van der Waals surface area contributed by atoms with Crippen LogP contribution in [0.2, 0.25) is 0 Å². The Morgan fingerprint density at radius 2 is 1.61 bits per heavy atom. The molecule has 2 rings (SSSR count). The summed E-state index contributed by atoms with van der Waals surface area (Å²) in [7, 11) is 0. The van der Waals surface area contributed by atoms with Gasteiger partial charge in [0, 0.05) is 0 Å². The van der Waals surface area contributed by atoms with Gasteiger partial charge in [0.15, 0.2) is 0 Å².